The summed E-state index contributed by atoms with van der Waals surface area (Å²) in [6.45, 7) is 3.99. The molecule has 0 spiro atoms. The third-order valence-electron chi connectivity index (χ3n) is 3.00. The maximum Gasteiger partial charge on any atom is 0.276 e. The number of halogens is 1. The topological polar surface area (TPSA) is 52.4 Å². The van der Waals surface area contributed by atoms with Gasteiger partial charge in [-0.25, -0.2) is 0 Å². The molecule has 0 saturated heterocycles. The minimum Gasteiger partial charge on any atom is -0.488 e. The van der Waals surface area contributed by atoms with Crippen molar-refractivity contribution in [2.75, 3.05) is 0 Å². The third kappa shape index (κ3) is 3.36. The summed E-state index contributed by atoms with van der Waals surface area (Å²) in [5.41, 5.74) is 2.63. The largest absolute Gasteiger partial charge is 0.488 e. The Balaban J connectivity index is 2.18. The van der Waals surface area contributed by atoms with Gasteiger partial charge in [-0.3, -0.25) is 10.1 Å². The monoisotopic (exact) mass is 335 g/mol. The van der Waals surface area contributed by atoms with Crippen molar-refractivity contribution in [2.45, 2.75) is 20.5 Å². The van der Waals surface area contributed by atoms with Gasteiger partial charge in [0.2, 0.25) is 0 Å². The van der Waals surface area contributed by atoms with E-state index in [9.17, 15) is 10.1 Å². The zero-order valence-corrected chi connectivity index (χ0v) is 12.8. The summed E-state index contributed by atoms with van der Waals surface area (Å²) in [5, 5.41) is 10.9. The van der Waals surface area contributed by atoms with Crippen LogP contribution in [-0.2, 0) is 6.61 Å². The lowest BCUT2D eigenvalue weighted by Crippen LogP contribution is -1.99. The minimum atomic E-state index is -0.388. The van der Waals surface area contributed by atoms with E-state index in [0.717, 1.165) is 15.6 Å². The van der Waals surface area contributed by atoms with Crippen LogP contribution in [0.25, 0.3) is 0 Å². The van der Waals surface area contributed by atoms with Crippen LogP contribution in [-0.4, -0.2) is 4.92 Å². The van der Waals surface area contributed by atoms with Crippen molar-refractivity contribution in [3.05, 3.63) is 67.7 Å². The molecule has 0 saturated carbocycles. The van der Waals surface area contributed by atoms with Gasteiger partial charge in [0, 0.05) is 10.0 Å². The molecule has 0 aliphatic rings. The molecule has 0 heterocycles. The van der Waals surface area contributed by atoms with Gasteiger partial charge in [0.25, 0.3) is 5.69 Å². The highest BCUT2D eigenvalue weighted by Gasteiger charge is 2.14. The highest BCUT2D eigenvalue weighted by molar-refractivity contribution is 9.10. The first kappa shape index (κ1) is 14.5. The smallest absolute Gasteiger partial charge is 0.276 e. The first-order valence-corrected chi connectivity index (χ1v) is 6.89. The van der Waals surface area contributed by atoms with Crippen LogP contribution in [0.2, 0.25) is 0 Å². The number of hydrogen-bond acceptors (Lipinski definition) is 3. The van der Waals surface area contributed by atoms with Crippen molar-refractivity contribution < 1.29 is 9.66 Å². The molecule has 2 aromatic carbocycles. The Bertz CT molecular complexity index is 638. The predicted octanol–water partition coefficient (Wildman–Crippen LogP) is 4.55. The number of nitro benzene ring substituents is 1. The molecule has 0 aromatic heterocycles. The normalized spacial score (nSPS) is 10.3. The first-order chi connectivity index (χ1) is 9.47. The van der Waals surface area contributed by atoms with Crippen LogP contribution < -0.4 is 4.74 Å². The van der Waals surface area contributed by atoms with Crippen molar-refractivity contribution in [2.24, 2.45) is 0 Å². The fourth-order valence-corrected chi connectivity index (χ4v) is 2.18. The standard InChI is InChI=1S/C15H14BrNO3/c1-10-7-11(2)15(8-14(10)17(18)19)20-9-12-3-5-13(16)6-4-12/h3-8H,9H2,1-2H3. The summed E-state index contributed by atoms with van der Waals surface area (Å²) in [7, 11) is 0. The molecule has 4 nitrogen and oxygen atoms in total. The van der Waals surface area contributed by atoms with Crippen molar-refractivity contribution in [1.82, 2.24) is 0 Å². The maximum absolute atomic E-state index is 10.9. The highest BCUT2D eigenvalue weighted by Crippen LogP contribution is 2.28. The van der Waals surface area contributed by atoms with Gasteiger partial charge in [-0.1, -0.05) is 28.1 Å². The Morgan fingerprint density at radius 2 is 1.80 bits per heavy atom. The van der Waals surface area contributed by atoms with Crippen LogP contribution in [0.1, 0.15) is 16.7 Å². The fraction of sp³-hybridized carbons (Fsp3) is 0.200. The lowest BCUT2D eigenvalue weighted by molar-refractivity contribution is -0.385. The summed E-state index contributed by atoms with van der Waals surface area (Å²) >= 11 is 3.37. The Morgan fingerprint density at radius 3 is 2.40 bits per heavy atom. The van der Waals surface area contributed by atoms with Crippen molar-refractivity contribution >= 4 is 21.6 Å². The van der Waals surface area contributed by atoms with Crippen molar-refractivity contribution in [3.8, 4) is 5.75 Å². The Morgan fingerprint density at radius 1 is 1.15 bits per heavy atom. The van der Waals surface area contributed by atoms with Gasteiger partial charge in [-0.2, -0.15) is 0 Å². The van der Waals surface area contributed by atoms with E-state index in [1.807, 2.05) is 31.2 Å². The minimum absolute atomic E-state index is 0.0846. The van der Waals surface area contributed by atoms with Gasteiger partial charge < -0.3 is 4.74 Å². The summed E-state index contributed by atoms with van der Waals surface area (Å²) in [5.74, 6) is 0.546. The van der Waals surface area contributed by atoms with Gasteiger partial charge in [-0.05, 0) is 43.2 Å². The van der Waals surface area contributed by atoms with E-state index in [0.29, 0.717) is 17.9 Å². The molecule has 0 amide bonds. The molecular formula is C15H14BrNO3. The third-order valence-corrected chi connectivity index (χ3v) is 3.53. The summed E-state index contributed by atoms with van der Waals surface area (Å²) in [4.78, 5) is 10.6. The van der Waals surface area contributed by atoms with E-state index in [1.165, 1.54) is 6.07 Å². The van der Waals surface area contributed by atoms with Gasteiger partial charge in [0.15, 0.2) is 0 Å². The first-order valence-electron chi connectivity index (χ1n) is 6.10. The number of nitrogens with zero attached hydrogens (tertiary/aromatic N) is 1. The van der Waals surface area contributed by atoms with Crippen LogP contribution in [0, 0.1) is 24.0 Å². The van der Waals surface area contributed by atoms with E-state index >= 15 is 0 Å². The second kappa shape index (κ2) is 6.05. The van der Waals surface area contributed by atoms with Crippen molar-refractivity contribution in [1.29, 1.82) is 0 Å². The van der Waals surface area contributed by atoms with E-state index in [2.05, 4.69) is 15.9 Å². The van der Waals surface area contributed by atoms with Crippen molar-refractivity contribution in [3.63, 3.8) is 0 Å². The molecule has 0 atom stereocenters. The molecule has 0 aliphatic heterocycles. The van der Waals surface area contributed by atoms with E-state index in [4.69, 9.17) is 4.74 Å². The Labute approximate surface area is 125 Å². The number of hydrogen-bond donors (Lipinski definition) is 0. The number of ether oxygens (including phenoxy) is 1. The molecule has 0 radical (unpaired) electrons. The molecule has 5 heteroatoms. The van der Waals surface area contributed by atoms with Gasteiger partial charge in [0.1, 0.15) is 12.4 Å². The molecule has 0 bridgehead atoms. The molecule has 2 rings (SSSR count). The quantitative estimate of drug-likeness (QED) is 0.608. The average Bonchev–Trinajstić information content (AvgIpc) is 2.39. The second-order valence-electron chi connectivity index (χ2n) is 4.58. The zero-order chi connectivity index (χ0) is 14.7. The highest BCUT2D eigenvalue weighted by atomic mass is 79.9. The number of aryl methyl sites for hydroxylation is 2. The Kier molecular flexibility index (Phi) is 4.39. The van der Waals surface area contributed by atoms with Gasteiger partial charge in [-0.15, -0.1) is 0 Å². The molecule has 20 heavy (non-hydrogen) atoms. The van der Waals surface area contributed by atoms with E-state index in [1.54, 1.807) is 13.0 Å². The molecular weight excluding hydrogens is 322 g/mol. The number of nitro groups is 1. The average molecular weight is 336 g/mol. The maximum atomic E-state index is 10.9. The zero-order valence-electron chi connectivity index (χ0n) is 11.2. The molecule has 0 fully saturated rings. The molecule has 2 aromatic rings. The Hall–Kier alpha value is -1.88. The molecule has 104 valence electrons. The van der Waals surface area contributed by atoms with Gasteiger partial charge >= 0.3 is 0 Å². The van der Waals surface area contributed by atoms with E-state index < -0.39 is 0 Å². The van der Waals surface area contributed by atoms with E-state index in [-0.39, 0.29) is 10.6 Å². The summed E-state index contributed by atoms with van der Waals surface area (Å²) in [6.07, 6.45) is 0. The number of benzene rings is 2. The van der Waals surface area contributed by atoms with Crippen LogP contribution in [0.4, 0.5) is 5.69 Å². The predicted molar refractivity (Wildman–Crippen MR) is 81.0 cm³/mol. The SMILES string of the molecule is Cc1cc(C)c([N+](=O)[O-])cc1OCc1ccc(Br)cc1. The summed E-state index contributed by atoms with van der Waals surface area (Å²) < 4.78 is 6.69. The van der Waals surface area contributed by atoms with Crippen LogP contribution in [0.5, 0.6) is 5.75 Å². The lowest BCUT2D eigenvalue weighted by atomic mass is 10.1. The van der Waals surface area contributed by atoms with Crippen LogP contribution >= 0.6 is 15.9 Å². The number of rotatable bonds is 4. The second-order valence-corrected chi connectivity index (χ2v) is 5.49. The summed E-state index contributed by atoms with van der Waals surface area (Å²) in [6, 6.07) is 11.0. The van der Waals surface area contributed by atoms with Crippen LogP contribution in [0.3, 0.4) is 0 Å². The molecule has 0 aliphatic carbocycles. The molecule has 0 N–H and O–H groups in total. The van der Waals surface area contributed by atoms with Gasteiger partial charge in [0.05, 0.1) is 11.0 Å². The lowest BCUT2D eigenvalue weighted by Gasteiger charge is -2.10. The molecule has 0 unspecified atom stereocenters. The fourth-order valence-electron chi connectivity index (χ4n) is 1.92. The van der Waals surface area contributed by atoms with Crippen LogP contribution in [0.15, 0.2) is 40.9 Å².